The number of Topliss-reactive ketones (excluding diaryl/α,β-unsaturated/α-hetero) is 1. The molecule has 0 bridgehead atoms. The monoisotopic (exact) mass is 226 g/mol. The van der Waals surface area contributed by atoms with Crippen molar-refractivity contribution in [3.05, 3.63) is 11.7 Å². The van der Waals surface area contributed by atoms with Crippen LogP contribution in [0.4, 0.5) is 0 Å². The van der Waals surface area contributed by atoms with Crippen LogP contribution in [-0.4, -0.2) is 26.9 Å². The number of hydrogen-bond donors (Lipinski definition) is 0. The highest BCUT2D eigenvalue weighted by Gasteiger charge is 2.18. The highest BCUT2D eigenvalue weighted by Crippen LogP contribution is 2.27. The third kappa shape index (κ3) is 2.81. The lowest BCUT2D eigenvalue weighted by molar-refractivity contribution is 0.0972. The van der Waals surface area contributed by atoms with Crippen LogP contribution >= 0.6 is 11.8 Å². The summed E-state index contributed by atoms with van der Waals surface area (Å²) < 4.78 is 4.85. The molecule has 0 spiro atoms. The van der Waals surface area contributed by atoms with Gasteiger partial charge in [0.2, 0.25) is 5.78 Å². The second kappa shape index (κ2) is 4.79. The summed E-state index contributed by atoms with van der Waals surface area (Å²) in [5.41, 5.74) is 0. The van der Waals surface area contributed by atoms with Gasteiger partial charge in [-0.25, -0.2) is 0 Å². The summed E-state index contributed by atoms with van der Waals surface area (Å²) in [7, 11) is 0. The number of rotatable bonds is 3. The molecule has 15 heavy (non-hydrogen) atoms. The first-order valence-electron chi connectivity index (χ1n) is 5.21. The molecular formula is C10H14N2O2S. The average molecular weight is 226 g/mol. The number of aromatic nitrogens is 2. The number of carbonyl (C=O) groups is 1. The zero-order valence-electron chi connectivity index (χ0n) is 8.73. The molecule has 0 saturated carbocycles. The van der Waals surface area contributed by atoms with E-state index < -0.39 is 0 Å². The standard InChI is InChI=1S/C10H14N2O2S/c1-7(13)10-11-9(12-14-10)6-8-4-2-3-5-15-8/h8H,2-6H2,1H3. The Hall–Kier alpha value is -0.840. The molecule has 0 amide bonds. The highest BCUT2D eigenvalue weighted by atomic mass is 32.2. The van der Waals surface area contributed by atoms with Gasteiger partial charge < -0.3 is 4.52 Å². The lowest BCUT2D eigenvalue weighted by atomic mass is 10.1. The van der Waals surface area contributed by atoms with Gasteiger partial charge in [-0.05, 0) is 18.6 Å². The Balaban J connectivity index is 1.94. The van der Waals surface area contributed by atoms with E-state index in [4.69, 9.17) is 4.52 Å². The van der Waals surface area contributed by atoms with Crippen LogP contribution in [0, 0.1) is 0 Å². The molecule has 1 aromatic rings. The fraction of sp³-hybridized carbons (Fsp3) is 0.700. The number of ketones is 1. The van der Waals surface area contributed by atoms with Crippen molar-refractivity contribution in [2.75, 3.05) is 5.75 Å². The van der Waals surface area contributed by atoms with Gasteiger partial charge in [-0.3, -0.25) is 4.79 Å². The molecule has 0 aliphatic carbocycles. The Bertz CT molecular complexity index is 345. The first-order valence-corrected chi connectivity index (χ1v) is 6.25. The smallest absolute Gasteiger partial charge is 0.293 e. The molecule has 0 radical (unpaired) electrons. The first kappa shape index (κ1) is 10.7. The Morgan fingerprint density at radius 1 is 1.60 bits per heavy atom. The van der Waals surface area contributed by atoms with Crippen LogP contribution in [0.5, 0.6) is 0 Å². The maximum atomic E-state index is 10.9. The van der Waals surface area contributed by atoms with Gasteiger partial charge in [0, 0.05) is 18.6 Å². The Kier molecular flexibility index (Phi) is 3.41. The second-order valence-electron chi connectivity index (χ2n) is 3.76. The van der Waals surface area contributed by atoms with Crippen LogP contribution in [0.25, 0.3) is 0 Å². The average Bonchev–Trinajstić information content (AvgIpc) is 2.68. The van der Waals surface area contributed by atoms with Crippen LogP contribution in [0.3, 0.4) is 0 Å². The molecule has 2 rings (SSSR count). The Morgan fingerprint density at radius 3 is 3.07 bits per heavy atom. The Labute approximate surface area is 92.8 Å². The van der Waals surface area contributed by atoms with Gasteiger partial charge in [0.15, 0.2) is 5.82 Å². The molecule has 0 aromatic carbocycles. The van der Waals surface area contributed by atoms with Gasteiger partial charge in [0.05, 0.1) is 0 Å². The number of thioether (sulfide) groups is 1. The van der Waals surface area contributed by atoms with Gasteiger partial charge >= 0.3 is 0 Å². The highest BCUT2D eigenvalue weighted by molar-refractivity contribution is 7.99. The minimum atomic E-state index is -0.162. The van der Waals surface area contributed by atoms with Crippen molar-refractivity contribution < 1.29 is 9.32 Å². The van der Waals surface area contributed by atoms with Crippen molar-refractivity contribution in [1.82, 2.24) is 10.1 Å². The van der Waals surface area contributed by atoms with Crippen LogP contribution in [0.2, 0.25) is 0 Å². The van der Waals surface area contributed by atoms with Crippen LogP contribution in [0.1, 0.15) is 42.7 Å². The lowest BCUT2D eigenvalue weighted by Gasteiger charge is -2.19. The maximum absolute atomic E-state index is 10.9. The van der Waals surface area contributed by atoms with Gasteiger partial charge in [0.25, 0.3) is 5.89 Å². The summed E-state index contributed by atoms with van der Waals surface area (Å²) in [6.07, 6.45) is 4.64. The predicted molar refractivity (Wildman–Crippen MR) is 58.1 cm³/mol. The molecule has 82 valence electrons. The van der Waals surface area contributed by atoms with E-state index in [9.17, 15) is 4.79 Å². The molecule has 1 fully saturated rings. The summed E-state index contributed by atoms with van der Waals surface area (Å²) in [5.74, 6) is 1.86. The summed E-state index contributed by atoms with van der Waals surface area (Å²) in [6.45, 7) is 1.44. The second-order valence-corrected chi connectivity index (χ2v) is 5.17. The van der Waals surface area contributed by atoms with E-state index in [1.165, 1.54) is 31.9 Å². The van der Waals surface area contributed by atoms with E-state index in [0.717, 1.165) is 6.42 Å². The molecular weight excluding hydrogens is 212 g/mol. The van der Waals surface area contributed by atoms with Gasteiger partial charge in [0.1, 0.15) is 0 Å². The van der Waals surface area contributed by atoms with Crippen molar-refractivity contribution in [2.45, 2.75) is 37.9 Å². The number of nitrogens with zero attached hydrogens (tertiary/aromatic N) is 2. The third-order valence-corrected chi connectivity index (χ3v) is 3.85. The third-order valence-electron chi connectivity index (χ3n) is 2.45. The van der Waals surface area contributed by atoms with Crippen LogP contribution in [0.15, 0.2) is 4.52 Å². The van der Waals surface area contributed by atoms with Crippen molar-refractivity contribution in [2.24, 2.45) is 0 Å². The van der Waals surface area contributed by atoms with Crippen LogP contribution < -0.4 is 0 Å². The SMILES string of the molecule is CC(=O)c1nc(CC2CCCCS2)no1. The van der Waals surface area contributed by atoms with E-state index in [1.54, 1.807) is 0 Å². The number of hydrogen-bond acceptors (Lipinski definition) is 5. The molecule has 2 heterocycles. The summed E-state index contributed by atoms with van der Waals surface area (Å²) in [6, 6.07) is 0. The molecule has 1 aromatic heterocycles. The molecule has 4 nitrogen and oxygen atoms in total. The lowest BCUT2D eigenvalue weighted by Crippen LogP contribution is -2.13. The largest absolute Gasteiger partial charge is 0.331 e. The van der Waals surface area contributed by atoms with E-state index in [0.29, 0.717) is 11.1 Å². The normalized spacial score (nSPS) is 21.5. The molecule has 5 heteroatoms. The topological polar surface area (TPSA) is 56.0 Å². The van der Waals surface area contributed by atoms with E-state index >= 15 is 0 Å². The Morgan fingerprint density at radius 2 is 2.47 bits per heavy atom. The molecule has 1 aliphatic heterocycles. The zero-order chi connectivity index (χ0) is 10.7. The fourth-order valence-corrected chi connectivity index (χ4v) is 2.96. The quantitative estimate of drug-likeness (QED) is 0.739. The molecule has 1 saturated heterocycles. The number of carbonyl (C=O) groups excluding carboxylic acids is 1. The zero-order valence-corrected chi connectivity index (χ0v) is 9.55. The molecule has 1 unspecified atom stereocenters. The first-order chi connectivity index (χ1) is 7.25. The van der Waals surface area contributed by atoms with E-state index in [2.05, 4.69) is 10.1 Å². The van der Waals surface area contributed by atoms with Crippen molar-refractivity contribution in [3.63, 3.8) is 0 Å². The van der Waals surface area contributed by atoms with Gasteiger partial charge in [-0.15, -0.1) is 0 Å². The summed E-state index contributed by atoms with van der Waals surface area (Å²) >= 11 is 1.97. The minimum absolute atomic E-state index is 0.130. The molecule has 0 N–H and O–H groups in total. The van der Waals surface area contributed by atoms with E-state index in [-0.39, 0.29) is 11.7 Å². The van der Waals surface area contributed by atoms with Crippen molar-refractivity contribution >= 4 is 17.5 Å². The summed E-state index contributed by atoms with van der Waals surface area (Å²) in [4.78, 5) is 15.0. The molecule has 1 aliphatic rings. The minimum Gasteiger partial charge on any atom is -0.331 e. The molecule has 1 atom stereocenters. The maximum Gasteiger partial charge on any atom is 0.293 e. The van der Waals surface area contributed by atoms with Gasteiger partial charge in [-0.1, -0.05) is 11.6 Å². The van der Waals surface area contributed by atoms with Crippen molar-refractivity contribution in [1.29, 1.82) is 0 Å². The predicted octanol–water partition coefficient (Wildman–Crippen LogP) is 2.10. The fourth-order valence-electron chi connectivity index (χ4n) is 1.65. The van der Waals surface area contributed by atoms with E-state index in [1.807, 2.05) is 11.8 Å². The summed E-state index contributed by atoms with van der Waals surface area (Å²) in [5, 5.41) is 4.40. The van der Waals surface area contributed by atoms with Crippen molar-refractivity contribution in [3.8, 4) is 0 Å². The van der Waals surface area contributed by atoms with Crippen LogP contribution in [-0.2, 0) is 6.42 Å². The van der Waals surface area contributed by atoms with Gasteiger partial charge in [-0.2, -0.15) is 16.7 Å².